The zero-order valence-corrected chi connectivity index (χ0v) is 16.6. The van der Waals surface area contributed by atoms with Crippen LogP contribution in [0, 0.1) is 12.7 Å². The first kappa shape index (κ1) is 18.8. The summed E-state index contributed by atoms with van der Waals surface area (Å²) in [5.74, 6) is -0.216. The Bertz CT molecular complexity index is 996. The van der Waals surface area contributed by atoms with E-state index < -0.39 is 0 Å². The van der Waals surface area contributed by atoms with Gasteiger partial charge in [0, 0.05) is 50.4 Å². The van der Waals surface area contributed by atoms with E-state index in [9.17, 15) is 9.18 Å². The Balaban J connectivity index is 1.50. The third-order valence-electron chi connectivity index (χ3n) is 5.19. The van der Waals surface area contributed by atoms with Crippen molar-refractivity contribution in [1.82, 2.24) is 19.7 Å². The number of rotatable bonds is 4. The molecule has 8 heteroatoms. The average Bonchev–Trinajstić information content (AvgIpc) is 3.35. The number of nitrogens with zero attached hydrogens (tertiary/aromatic N) is 4. The van der Waals surface area contributed by atoms with Crippen molar-refractivity contribution < 1.29 is 9.18 Å². The van der Waals surface area contributed by atoms with Crippen molar-refractivity contribution >= 4 is 17.2 Å². The maximum Gasteiger partial charge on any atom is 0.265 e. The third-order valence-corrected chi connectivity index (χ3v) is 6.34. The van der Waals surface area contributed by atoms with E-state index in [2.05, 4.69) is 10.1 Å². The normalized spacial score (nSPS) is 19.4. The molecule has 3 aromatic rings. The number of halogens is 1. The molecule has 3 heterocycles. The van der Waals surface area contributed by atoms with Gasteiger partial charge in [0.05, 0.1) is 10.7 Å². The fourth-order valence-corrected chi connectivity index (χ4v) is 4.77. The van der Waals surface area contributed by atoms with Crippen LogP contribution in [0.4, 0.5) is 4.39 Å². The van der Waals surface area contributed by atoms with Crippen molar-refractivity contribution in [2.45, 2.75) is 25.3 Å². The minimum absolute atomic E-state index is 0.0273. The smallest absolute Gasteiger partial charge is 0.265 e. The number of hydrogen-bond acceptors (Lipinski definition) is 5. The maximum atomic E-state index is 13.1. The third kappa shape index (κ3) is 3.57. The molecule has 2 N–H and O–H groups in total. The van der Waals surface area contributed by atoms with Gasteiger partial charge in [-0.3, -0.25) is 9.48 Å². The second-order valence-electron chi connectivity index (χ2n) is 7.19. The van der Waals surface area contributed by atoms with E-state index in [4.69, 9.17) is 5.73 Å². The van der Waals surface area contributed by atoms with E-state index in [-0.39, 0.29) is 23.7 Å². The fourth-order valence-electron chi connectivity index (χ4n) is 3.70. The summed E-state index contributed by atoms with van der Waals surface area (Å²) < 4.78 is 14.9. The van der Waals surface area contributed by atoms with E-state index in [1.807, 2.05) is 29.6 Å². The number of carbonyl (C=O) groups is 1. The van der Waals surface area contributed by atoms with Crippen LogP contribution in [0.25, 0.3) is 0 Å². The Kier molecular flexibility index (Phi) is 4.99. The molecule has 1 aliphatic rings. The quantitative estimate of drug-likeness (QED) is 0.731. The van der Waals surface area contributed by atoms with Crippen molar-refractivity contribution in [2.75, 3.05) is 13.1 Å². The number of likely N-dealkylation sites (tertiary alicyclic amines) is 1. The average molecular weight is 399 g/mol. The van der Waals surface area contributed by atoms with Crippen LogP contribution in [-0.4, -0.2) is 44.7 Å². The molecule has 1 saturated heterocycles. The van der Waals surface area contributed by atoms with Crippen LogP contribution in [0.5, 0.6) is 0 Å². The summed E-state index contributed by atoms with van der Waals surface area (Å²) in [6.45, 7) is 2.94. The molecule has 2 atom stereocenters. The monoisotopic (exact) mass is 399 g/mol. The molecule has 0 saturated carbocycles. The predicted molar refractivity (Wildman–Crippen MR) is 106 cm³/mol. The fraction of sp³-hybridized carbons (Fsp3) is 0.350. The zero-order valence-electron chi connectivity index (χ0n) is 15.8. The highest BCUT2D eigenvalue weighted by molar-refractivity contribution is 7.13. The highest BCUT2D eigenvalue weighted by Crippen LogP contribution is 2.29. The van der Waals surface area contributed by atoms with Gasteiger partial charge in [-0.15, -0.1) is 11.3 Å². The van der Waals surface area contributed by atoms with Gasteiger partial charge in [0.1, 0.15) is 10.7 Å². The summed E-state index contributed by atoms with van der Waals surface area (Å²) in [6.07, 6.45) is 2.33. The number of aryl methyl sites for hydroxylation is 2. The van der Waals surface area contributed by atoms with Gasteiger partial charge in [-0.25, -0.2) is 9.37 Å². The minimum atomic E-state index is -0.261. The lowest BCUT2D eigenvalue weighted by Gasteiger charge is -2.15. The largest absolute Gasteiger partial charge is 0.336 e. The Morgan fingerprint density at radius 3 is 2.71 bits per heavy atom. The summed E-state index contributed by atoms with van der Waals surface area (Å²) in [5.41, 5.74) is 9.06. The summed E-state index contributed by atoms with van der Waals surface area (Å²) in [6, 6.07) is 8.19. The van der Waals surface area contributed by atoms with Gasteiger partial charge < -0.3 is 10.6 Å². The molecule has 4 rings (SSSR count). The van der Waals surface area contributed by atoms with E-state index in [1.54, 1.807) is 18.3 Å². The van der Waals surface area contributed by atoms with Crippen LogP contribution >= 0.6 is 11.3 Å². The highest BCUT2D eigenvalue weighted by Gasteiger charge is 2.36. The van der Waals surface area contributed by atoms with Crippen molar-refractivity contribution in [2.24, 2.45) is 12.8 Å². The first-order chi connectivity index (χ1) is 13.4. The molecule has 1 aliphatic heterocycles. The molecule has 0 spiro atoms. The van der Waals surface area contributed by atoms with E-state index >= 15 is 0 Å². The topological polar surface area (TPSA) is 77.0 Å². The standard InChI is InChI=1S/C20H22FN5OS/c1-12-19(28-18(24-12)9-13-3-5-14(21)6-4-13)20(27)26-10-15(16(22)11-26)17-7-8-23-25(17)2/h3-8,15-16H,9-11,22H2,1-2H3/t15-,16-/m1/s1. The molecular weight excluding hydrogens is 377 g/mol. The van der Waals surface area contributed by atoms with Crippen LogP contribution in [0.1, 0.15) is 37.5 Å². The van der Waals surface area contributed by atoms with E-state index in [0.29, 0.717) is 24.4 Å². The summed E-state index contributed by atoms with van der Waals surface area (Å²) in [7, 11) is 1.89. The van der Waals surface area contributed by atoms with Crippen LogP contribution in [0.3, 0.4) is 0 Å². The molecule has 6 nitrogen and oxygen atoms in total. The lowest BCUT2D eigenvalue weighted by Crippen LogP contribution is -2.32. The SMILES string of the molecule is Cc1nc(Cc2ccc(F)cc2)sc1C(=O)N1C[C@@H](N)[C@H](c2ccnn2C)C1. The first-order valence-corrected chi connectivity index (χ1v) is 9.97. The molecule has 0 bridgehead atoms. The molecule has 2 aromatic heterocycles. The zero-order chi connectivity index (χ0) is 19.8. The highest BCUT2D eigenvalue weighted by atomic mass is 32.1. The van der Waals surface area contributed by atoms with Gasteiger partial charge in [-0.1, -0.05) is 12.1 Å². The molecule has 0 aliphatic carbocycles. The molecular formula is C20H22FN5OS. The maximum absolute atomic E-state index is 13.1. The number of nitrogens with two attached hydrogens (primary N) is 1. The molecule has 0 radical (unpaired) electrons. The molecule has 146 valence electrons. The number of aromatic nitrogens is 3. The lowest BCUT2D eigenvalue weighted by atomic mass is 10.0. The summed E-state index contributed by atoms with van der Waals surface area (Å²) >= 11 is 1.40. The first-order valence-electron chi connectivity index (χ1n) is 9.16. The van der Waals surface area contributed by atoms with Gasteiger partial charge in [0.2, 0.25) is 0 Å². The van der Waals surface area contributed by atoms with Gasteiger partial charge in [0.25, 0.3) is 5.91 Å². The van der Waals surface area contributed by atoms with Crippen molar-refractivity contribution in [3.63, 3.8) is 0 Å². The van der Waals surface area contributed by atoms with Gasteiger partial charge >= 0.3 is 0 Å². The Labute approximate surface area is 166 Å². The number of thiazole rings is 1. The second-order valence-corrected chi connectivity index (χ2v) is 8.27. The second kappa shape index (κ2) is 7.44. The van der Waals surface area contributed by atoms with Gasteiger partial charge in [-0.05, 0) is 30.7 Å². The summed E-state index contributed by atoms with van der Waals surface area (Å²) in [4.78, 5) is 20.1. The van der Waals surface area contributed by atoms with Crippen molar-refractivity contribution in [1.29, 1.82) is 0 Å². The lowest BCUT2D eigenvalue weighted by molar-refractivity contribution is 0.0792. The number of amides is 1. The van der Waals surface area contributed by atoms with Crippen LogP contribution in [-0.2, 0) is 13.5 Å². The molecule has 0 unspecified atom stereocenters. The molecule has 1 amide bonds. The van der Waals surface area contributed by atoms with Crippen LogP contribution in [0.2, 0.25) is 0 Å². The summed E-state index contributed by atoms with van der Waals surface area (Å²) in [5, 5.41) is 5.06. The predicted octanol–water partition coefficient (Wildman–Crippen LogP) is 2.48. The Morgan fingerprint density at radius 1 is 1.29 bits per heavy atom. The van der Waals surface area contributed by atoms with E-state index in [1.165, 1.54) is 23.5 Å². The minimum Gasteiger partial charge on any atom is -0.336 e. The molecule has 1 fully saturated rings. The molecule has 28 heavy (non-hydrogen) atoms. The van der Waals surface area contributed by atoms with E-state index in [0.717, 1.165) is 22.0 Å². The van der Waals surface area contributed by atoms with Crippen molar-refractivity contribution in [3.8, 4) is 0 Å². The van der Waals surface area contributed by atoms with Crippen LogP contribution < -0.4 is 5.73 Å². The Hall–Kier alpha value is -2.58. The Morgan fingerprint density at radius 2 is 2.04 bits per heavy atom. The van der Waals surface area contributed by atoms with Gasteiger partial charge in [-0.2, -0.15) is 5.10 Å². The number of carbonyl (C=O) groups excluding carboxylic acids is 1. The number of hydrogen-bond donors (Lipinski definition) is 1. The number of benzene rings is 1. The van der Waals surface area contributed by atoms with Gasteiger partial charge in [0.15, 0.2) is 0 Å². The van der Waals surface area contributed by atoms with Crippen LogP contribution in [0.15, 0.2) is 36.5 Å². The van der Waals surface area contributed by atoms with Crippen molar-refractivity contribution in [3.05, 3.63) is 69.2 Å². The molecule has 1 aromatic carbocycles.